The van der Waals surface area contributed by atoms with Crippen LogP contribution in [-0.2, 0) is 22.7 Å². The van der Waals surface area contributed by atoms with Crippen LogP contribution >= 0.6 is 0 Å². The molecule has 0 radical (unpaired) electrons. The van der Waals surface area contributed by atoms with Gasteiger partial charge in [-0.25, -0.2) is 0 Å². The van der Waals surface area contributed by atoms with Crippen LogP contribution in [0.2, 0.25) is 0 Å². The number of imide groups is 1. The Labute approximate surface area is 165 Å². The number of carbonyl (C=O) groups excluding carboxylic acids is 3. The first kappa shape index (κ1) is 19.1. The summed E-state index contributed by atoms with van der Waals surface area (Å²) in [5.41, 5.74) is 2.92. The highest BCUT2D eigenvalue weighted by Gasteiger charge is 2.39. The fourth-order valence-electron chi connectivity index (χ4n) is 4.23. The molecule has 1 unspecified atom stereocenters. The molecule has 1 aromatic rings. The van der Waals surface area contributed by atoms with Crippen molar-refractivity contribution >= 4 is 17.7 Å². The third-order valence-electron chi connectivity index (χ3n) is 6.39. The van der Waals surface area contributed by atoms with Gasteiger partial charge >= 0.3 is 0 Å². The van der Waals surface area contributed by atoms with Crippen molar-refractivity contribution in [1.82, 2.24) is 20.9 Å². The Balaban J connectivity index is 1.39. The van der Waals surface area contributed by atoms with Crippen LogP contribution in [-0.4, -0.2) is 48.3 Å². The summed E-state index contributed by atoms with van der Waals surface area (Å²) in [7, 11) is 0. The van der Waals surface area contributed by atoms with Crippen molar-refractivity contribution < 1.29 is 14.4 Å². The first-order valence-corrected chi connectivity index (χ1v) is 10.0. The van der Waals surface area contributed by atoms with Crippen LogP contribution in [0.3, 0.4) is 0 Å². The van der Waals surface area contributed by atoms with Gasteiger partial charge in [-0.05, 0) is 48.0 Å². The molecular weight excluding hydrogens is 356 g/mol. The summed E-state index contributed by atoms with van der Waals surface area (Å²) in [4.78, 5) is 38.0. The van der Waals surface area contributed by atoms with Gasteiger partial charge in [0.2, 0.25) is 11.8 Å². The normalized spacial score (nSPS) is 22.9. The molecule has 0 aromatic heterocycles. The Bertz CT molecular complexity index is 816. The molecular formula is C21H28N4O3. The van der Waals surface area contributed by atoms with Gasteiger partial charge in [0.1, 0.15) is 6.04 Å². The lowest BCUT2D eigenvalue weighted by Crippen LogP contribution is -2.52. The van der Waals surface area contributed by atoms with E-state index in [1.807, 2.05) is 18.2 Å². The van der Waals surface area contributed by atoms with E-state index in [1.165, 1.54) is 0 Å². The molecule has 0 aliphatic carbocycles. The number of hydrogen-bond acceptors (Lipinski definition) is 5. The first-order chi connectivity index (χ1) is 13.3. The van der Waals surface area contributed by atoms with Crippen LogP contribution in [0.4, 0.5) is 0 Å². The Morgan fingerprint density at radius 3 is 2.68 bits per heavy atom. The second-order valence-corrected chi connectivity index (χ2v) is 8.84. The van der Waals surface area contributed by atoms with Gasteiger partial charge < -0.3 is 15.5 Å². The van der Waals surface area contributed by atoms with E-state index >= 15 is 0 Å². The molecule has 150 valence electrons. The molecule has 3 amide bonds. The molecule has 28 heavy (non-hydrogen) atoms. The average Bonchev–Trinajstić information content (AvgIpc) is 2.89. The van der Waals surface area contributed by atoms with Crippen LogP contribution in [0, 0.1) is 11.3 Å². The zero-order valence-corrected chi connectivity index (χ0v) is 16.5. The summed E-state index contributed by atoms with van der Waals surface area (Å²) >= 11 is 0. The molecule has 0 saturated carbocycles. The molecule has 4 rings (SSSR count). The highest BCUT2D eigenvalue weighted by atomic mass is 16.2. The number of carbonyl (C=O) groups is 3. The van der Waals surface area contributed by atoms with Gasteiger partial charge in [0.15, 0.2) is 0 Å². The van der Waals surface area contributed by atoms with E-state index in [0.717, 1.165) is 30.8 Å². The minimum Gasteiger partial charge on any atom is -0.322 e. The molecule has 3 heterocycles. The maximum absolute atomic E-state index is 12.9. The van der Waals surface area contributed by atoms with E-state index in [2.05, 4.69) is 29.8 Å². The quantitative estimate of drug-likeness (QED) is 0.631. The van der Waals surface area contributed by atoms with Crippen LogP contribution in [0.1, 0.15) is 48.2 Å². The Morgan fingerprint density at radius 1 is 1.21 bits per heavy atom. The molecule has 3 aliphatic heterocycles. The van der Waals surface area contributed by atoms with Crippen molar-refractivity contribution in [3.8, 4) is 0 Å². The van der Waals surface area contributed by atoms with E-state index < -0.39 is 6.04 Å². The third kappa shape index (κ3) is 3.56. The minimum absolute atomic E-state index is 0.118. The van der Waals surface area contributed by atoms with Crippen LogP contribution in [0.5, 0.6) is 0 Å². The minimum atomic E-state index is -0.559. The number of nitrogens with zero attached hydrogens (tertiary/aromatic N) is 1. The second-order valence-electron chi connectivity index (χ2n) is 8.84. The van der Waals surface area contributed by atoms with Gasteiger partial charge in [-0.2, -0.15) is 0 Å². The molecule has 7 nitrogen and oxygen atoms in total. The van der Waals surface area contributed by atoms with Gasteiger partial charge in [-0.1, -0.05) is 26.0 Å². The second kappa shape index (κ2) is 7.29. The summed E-state index contributed by atoms with van der Waals surface area (Å²) in [5.74, 6) is -0.0534. The SMILES string of the molecule is CC(C)(CNCc1ccc2c(c1)C(=O)N(C1CCC(=O)NC1=O)C2)C1CNC1. The number of amides is 3. The molecule has 0 bridgehead atoms. The maximum atomic E-state index is 12.9. The molecule has 3 N–H and O–H groups in total. The summed E-state index contributed by atoms with van der Waals surface area (Å²) in [6.07, 6.45) is 0.669. The molecule has 7 heteroatoms. The lowest BCUT2D eigenvalue weighted by Gasteiger charge is -2.41. The van der Waals surface area contributed by atoms with Crippen molar-refractivity contribution in [2.75, 3.05) is 19.6 Å². The maximum Gasteiger partial charge on any atom is 0.255 e. The van der Waals surface area contributed by atoms with Crippen molar-refractivity contribution in [1.29, 1.82) is 0 Å². The summed E-state index contributed by atoms with van der Waals surface area (Å²) < 4.78 is 0. The predicted molar refractivity (Wildman–Crippen MR) is 104 cm³/mol. The topological polar surface area (TPSA) is 90.5 Å². The molecule has 3 aliphatic rings. The van der Waals surface area contributed by atoms with Crippen LogP contribution < -0.4 is 16.0 Å². The van der Waals surface area contributed by atoms with E-state index in [0.29, 0.717) is 31.0 Å². The largest absolute Gasteiger partial charge is 0.322 e. The Hall–Kier alpha value is -2.25. The van der Waals surface area contributed by atoms with E-state index in [1.54, 1.807) is 4.90 Å². The molecule has 1 aromatic carbocycles. The van der Waals surface area contributed by atoms with Gasteiger partial charge in [-0.3, -0.25) is 19.7 Å². The van der Waals surface area contributed by atoms with Crippen LogP contribution in [0.15, 0.2) is 18.2 Å². The number of benzene rings is 1. The zero-order valence-electron chi connectivity index (χ0n) is 16.5. The average molecular weight is 384 g/mol. The number of fused-ring (bicyclic) bond motifs is 1. The van der Waals surface area contributed by atoms with Crippen molar-refractivity contribution in [3.05, 3.63) is 34.9 Å². The van der Waals surface area contributed by atoms with Gasteiger partial charge in [0.05, 0.1) is 0 Å². The highest BCUT2D eigenvalue weighted by molar-refractivity contribution is 6.05. The van der Waals surface area contributed by atoms with E-state index in [9.17, 15) is 14.4 Å². The summed E-state index contributed by atoms with van der Waals surface area (Å²) in [5, 5.41) is 9.20. The van der Waals surface area contributed by atoms with Crippen molar-refractivity contribution in [2.24, 2.45) is 11.3 Å². The zero-order chi connectivity index (χ0) is 19.9. The monoisotopic (exact) mass is 384 g/mol. The highest BCUT2D eigenvalue weighted by Crippen LogP contribution is 2.30. The molecule has 0 spiro atoms. The number of hydrogen-bond donors (Lipinski definition) is 3. The Morgan fingerprint density at radius 2 is 2.00 bits per heavy atom. The van der Waals surface area contributed by atoms with E-state index in [-0.39, 0.29) is 29.6 Å². The lowest BCUT2D eigenvalue weighted by molar-refractivity contribution is -0.136. The van der Waals surface area contributed by atoms with Crippen LogP contribution in [0.25, 0.3) is 0 Å². The summed E-state index contributed by atoms with van der Waals surface area (Å²) in [6, 6.07) is 5.41. The van der Waals surface area contributed by atoms with Gasteiger partial charge in [0, 0.05) is 31.6 Å². The molecule has 1 atom stereocenters. The first-order valence-electron chi connectivity index (χ1n) is 10.0. The fourth-order valence-corrected chi connectivity index (χ4v) is 4.23. The fraction of sp³-hybridized carbons (Fsp3) is 0.571. The molecule has 2 saturated heterocycles. The summed E-state index contributed by atoms with van der Waals surface area (Å²) in [6.45, 7) is 8.80. The number of rotatable bonds is 6. The predicted octanol–water partition coefficient (Wildman–Crippen LogP) is 0.783. The van der Waals surface area contributed by atoms with Crippen molar-refractivity contribution in [2.45, 2.75) is 45.8 Å². The third-order valence-corrected chi connectivity index (χ3v) is 6.39. The standard InChI is InChI=1S/C21H28N4O3/c1-21(2,15-9-22-10-15)12-23-8-13-3-4-14-11-25(20(28)16(14)7-13)17-5-6-18(26)24-19(17)27/h3-4,7,15,17,22-23H,5-6,8-12H2,1-2H3,(H,24,26,27). The van der Waals surface area contributed by atoms with Gasteiger partial charge in [-0.15, -0.1) is 0 Å². The number of piperidine rings is 1. The molecule has 2 fully saturated rings. The van der Waals surface area contributed by atoms with E-state index in [4.69, 9.17) is 0 Å². The number of nitrogens with one attached hydrogen (secondary N) is 3. The van der Waals surface area contributed by atoms with Crippen molar-refractivity contribution in [3.63, 3.8) is 0 Å². The smallest absolute Gasteiger partial charge is 0.255 e. The lowest BCUT2D eigenvalue weighted by atomic mass is 9.75. The van der Waals surface area contributed by atoms with Gasteiger partial charge in [0.25, 0.3) is 5.91 Å². The Kier molecular flexibility index (Phi) is 4.97.